The van der Waals surface area contributed by atoms with Crippen LogP contribution in [0.25, 0.3) is 55.8 Å². The second-order valence-electron chi connectivity index (χ2n) is 10.0. The lowest BCUT2D eigenvalue weighted by Crippen LogP contribution is -2.11. The molecule has 6 aromatic rings. The lowest BCUT2D eigenvalue weighted by Gasteiger charge is -2.07. The first kappa shape index (κ1) is 27.5. The minimum Gasteiger partial charge on any atom is -0.335 e. The SMILES string of the molecule is CCNCc1cncc(-c2ncc3[nH]nc(-c4nc5c(-c6cc(F)cc(CCS(C)(=O)=O)c6)cncc5[nH]4)c3c2F)c1. The number of pyridine rings is 3. The summed E-state index contributed by atoms with van der Waals surface area (Å²) < 4.78 is 53.9. The molecule has 0 spiro atoms. The van der Waals surface area contributed by atoms with Crippen LogP contribution in [0.1, 0.15) is 18.1 Å². The van der Waals surface area contributed by atoms with Crippen molar-refractivity contribution in [2.24, 2.45) is 0 Å². The summed E-state index contributed by atoms with van der Waals surface area (Å²) in [7, 11) is -3.22. The van der Waals surface area contributed by atoms with E-state index in [9.17, 15) is 12.8 Å². The summed E-state index contributed by atoms with van der Waals surface area (Å²) in [5, 5.41) is 10.6. The Kier molecular flexibility index (Phi) is 7.21. The van der Waals surface area contributed by atoms with E-state index in [1.807, 2.05) is 13.0 Å². The molecule has 42 heavy (non-hydrogen) atoms. The number of H-pyrrole nitrogens is 2. The topological polar surface area (TPSA) is 142 Å². The number of aryl methyl sites for hydroxylation is 1. The molecule has 10 nitrogen and oxygen atoms in total. The van der Waals surface area contributed by atoms with E-state index >= 15 is 4.39 Å². The summed E-state index contributed by atoms with van der Waals surface area (Å²) >= 11 is 0. The summed E-state index contributed by atoms with van der Waals surface area (Å²) in [5.41, 5.74) is 4.78. The van der Waals surface area contributed by atoms with Gasteiger partial charge in [0.25, 0.3) is 0 Å². The van der Waals surface area contributed by atoms with E-state index in [1.165, 1.54) is 18.3 Å². The maximum Gasteiger partial charge on any atom is 0.161 e. The van der Waals surface area contributed by atoms with Crippen molar-refractivity contribution in [3.63, 3.8) is 0 Å². The Morgan fingerprint density at radius 1 is 0.905 bits per heavy atom. The van der Waals surface area contributed by atoms with E-state index < -0.39 is 21.5 Å². The number of hydrogen-bond acceptors (Lipinski definition) is 8. The highest BCUT2D eigenvalue weighted by Crippen LogP contribution is 2.34. The number of halogens is 2. The van der Waals surface area contributed by atoms with Gasteiger partial charge in [-0.2, -0.15) is 5.10 Å². The Morgan fingerprint density at radius 3 is 2.52 bits per heavy atom. The molecule has 0 saturated carbocycles. The predicted molar refractivity (Wildman–Crippen MR) is 156 cm³/mol. The standard InChI is InChI=1S/C29H26F2N8O2S/c1-3-32-10-17-7-19(12-33-11-17)26-25(31)24-22(15-35-26)38-39-28(24)29-36-23-14-34-13-21(27(23)37-29)18-6-16(8-20(30)9-18)4-5-42(2,40)41/h6-9,11-15,32H,3-5,10H2,1-2H3,(H,36,37)(H,38,39). The smallest absolute Gasteiger partial charge is 0.161 e. The van der Waals surface area contributed by atoms with Gasteiger partial charge in [0.15, 0.2) is 11.6 Å². The Hall–Kier alpha value is -4.62. The van der Waals surface area contributed by atoms with E-state index in [4.69, 9.17) is 4.98 Å². The molecular weight excluding hydrogens is 562 g/mol. The van der Waals surface area contributed by atoms with Gasteiger partial charge in [0.1, 0.15) is 27.0 Å². The zero-order valence-corrected chi connectivity index (χ0v) is 23.6. The van der Waals surface area contributed by atoms with Crippen molar-refractivity contribution in [2.75, 3.05) is 18.6 Å². The molecule has 0 unspecified atom stereocenters. The van der Waals surface area contributed by atoms with Gasteiger partial charge in [-0.15, -0.1) is 0 Å². The fourth-order valence-electron chi connectivity index (χ4n) is 4.84. The van der Waals surface area contributed by atoms with Crippen LogP contribution in [-0.4, -0.2) is 62.1 Å². The zero-order valence-electron chi connectivity index (χ0n) is 22.7. The minimum atomic E-state index is -3.22. The summed E-state index contributed by atoms with van der Waals surface area (Å²) in [6, 6.07) is 6.22. The van der Waals surface area contributed by atoms with Gasteiger partial charge in [0, 0.05) is 42.5 Å². The molecule has 0 aliphatic heterocycles. The highest BCUT2D eigenvalue weighted by molar-refractivity contribution is 7.90. The molecule has 0 radical (unpaired) electrons. The number of imidazole rings is 1. The highest BCUT2D eigenvalue weighted by atomic mass is 32.2. The first-order valence-electron chi connectivity index (χ1n) is 13.2. The fourth-order valence-corrected chi connectivity index (χ4v) is 5.45. The lowest BCUT2D eigenvalue weighted by molar-refractivity contribution is 0.600. The maximum absolute atomic E-state index is 16.1. The van der Waals surface area contributed by atoms with Gasteiger partial charge in [-0.25, -0.2) is 22.2 Å². The minimum absolute atomic E-state index is 0.102. The molecule has 214 valence electrons. The molecule has 5 aromatic heterocycles. The number of fused-ring (bicyclic) bond motifs is 2. The van der Waals surface area contributed by atoms with Crippen molar-refractivity contribution in [2.45, 2.75) is 19.9 Å². The summed E-state index contributed by atoms with van der Waals surface area (Å²) in [5.74, 6) is -0.893. The number of aromatic nitrogens is 7. The van der Waals surface area contributed by atoms with Crippen LogP contribution in [0.5, 0.6) is 0 Å². The number of nitrogens with zero attached hydrogens (tertiary/aromatic N) is 5. The summed E-state index contributed by atoms with van der Waals surface area (Å²) in [6.07, 6.45) is 9.24. The molecule has 6 rings (SSSR count). The zero-order chi connectivity index (χ0) is 29.4. The van der Waals surface area contributed by atoms with E-state index in [0.717, 1.165) is 18.4 Å². The number of nitrogens with one attached hydrogen (secondary N) is 3. The Labute approximate surface area is 239 Å². The van der Waals surface area contributed by atoms with Crippen LogP contribution in [0.4, 0.5) is 8.78 Å². The molecular formula is C29H26F2N8O2S. The van der Waals surface area contributed by atoms with Crippen LogP contribution in [0.15, 0.2) is 55.2 Å². The second-order valence-corrected chi connectivity index (χ2v) is 12.3. The number of benzene rings is 1. The van der Waals surface area contributed by atoms with Crippen LogP contribution in [0, 0.1) is 11.6 Å². The van der Waals surface area contributed by atoms with Gasteiger partial charge in [0.05, 0.1) is 40.1 Å². The fraction of sp³-hybridized carbons (Fsp3) is 0.207. The van der Waals surface area contributed by atoms with E-state index in [1.54, 1.807) is 30.9 Å². The average Bonchev–Trinajstić information content (AvgIpc) is 3.59. The normalized spacial score (nSPS) is 12.0. The Balaban J connectivity index is 1.42. The molecule has 0 bridgehead atoms. The third kappa shape index (κ3) is 5.48. The largest absolute Gasteiger partial charge is 0.335 e. The van der Waals surface area contributed by atoms with Crippen LogP contribution in [-0.2, 0) is 22.8 Å². The van der Waals surface area contributed by atoms with Crippen molar-refractivity contribution in [3.8, 4) is 33.9 Å². The number of rotatable bonds is 9. The first-order chi connectivity index (χ1) is 20.2. The molecule has 0 fully saturated rings. The Bertz CT molecular complexity index is 2060. The molecule has 1 aromatic carbocycles. The lowest BCUT2D eigenvalue weighted by atomic mass is 10.0. The first-order valence-corrected chi connectivity index (χ1v) is 15.3. The predicted octanol–water partition coefficient (Wildman–Crippen LogP) is 4.60. The van der Waals surface area contributed by atoms with Gasteiger partial charge in [-0.1, -0.05) is 13.0 Å². The van der Waals surface area contributed by atoms with Crippen LogP contribution >= 0.6 is 0 Å². The molecule has 0 amide bonds. The monoisotopic (exact) mass is 588 g/mol. The molecule has 3 N–H and O–H groups in total. The molecule has 0 saturated heterocycles. The van der Waals surface area contributed by atoms with Gasteiger partial charge in [0.2, 0.25) is 0 Å². The molecule has 0 aliphatic rings. The van der Waals surface area contributed by atoms with Crippen molar-refractivity contribution >= 4 is 31.8 Å². The van der Waals surface area contributed by atoms with Crippen molar-refractivity contribution < 1.29 is 17.2 Å². The van der Waals surface area contributed by atoms with E-state index in [0.29, 0.717) is 45.3 Å². The summed E-state index contributed by atoms with van der Waals surface area (Å²) in [6.45, 7) is 3.39. The number of sulfone groups is 1. The van der Waals surface area contributed by atoms with E-state index in [-0.39, 0.29) is 34.8 Å². The van der Waals surface area contributed by atoms with Crippen molar-refractivity contribution in [1.82, 2.24) is 40.4 Å². The van der Waals surface area contributed by atoms with Crippen molar-refractivity contribution in [3.05, 3.63) is 78.0 Å². The molecule has 13 heteroatoms. The third-order valence-electron chi connectivity index (χ3n) is 6.84. The summed E-state index contributed by atoms with van der Waals surface area (Å²) in [4.78, 5) is 20.7. The molecule has 0 aliphatic carbocycles. The second kappa shape index (κ2) is 11.0. The van der Waals surface area contributed by atoms with Crippen molar-refractivity contribution in [1.29, 1.82) is 0 Å². The molecule has 5 heterocycles. The highest BCUT2D eigenvalue weighted by Gasteiger charge is 2.22. The average molecular weight is 589 g/mol. The van der Waals surface area contributed by atoms with Gasteiger partial charge >= 0.3 is 0 Å². The van der Waals surface area contributed by atoms with E-state index in [2.05, 4.69) is 35.5 Å². The van der Waals surface area contributed by atoms with Gasteiger partial charge < -0.3 is 10.3 Å². The van der Waals surface area contributed by atoms with Crippen LogP contribution in [0.3, 0.4) is 0 Å². The van der Waals surface area contributed by atoms with Gasteiger partial charge in [-0.05, 0) is 47.9 Å². The maximum atomic E-state index is 16.1. The van der Waals surface area contributed by atoms with Crippen LogP contribution in [0.2, 0.25) is 0 Å². The quantitative estimate of drug-likeness (QED) is 0.223. The van der Waals surface area contributed by atoms with Crippen LogP contribution < -0.4 is 5.32 Å². The Morgan fingerprint density at radius 2 is 1.71 bits per heavy atom. The molecule has 0 atom stereocenters. The van der Waals surface area contributed by atoms with Gasteiger partial charge in [-0.3, -0.25) is 20.1 Å². The third-order valence-corrected chi connectivity index (χ3v) is 7.79. The number of aromatic amines is 2. The number of hydrogen-bond donors (Lipinski definition) is 3.